The Morgan fingerprint density at radius 2 is 0.764 bits per heavy atom. The number of allylic oxidation sites excluding steroid dienone is 12. The number of hydrogen-bond acceptors (Lipinski definition) is 12. The summed E-state index contributed by atoms with van der Waals surface area (Å²) in [6.45, 7) is 0. The molecule has 0 fully saturated rings. The van der Waals surface area contributed by atoms with Crippen LogP contribution in [0.3, 0.4) is 0 Å². The molecule has 0 unspecified atom stereocenters. The van der Waals surface area contributed by atoms with Crippen molar-refractivity contribution in [1.82, 2.24) is 19.9 Å². The zero-order valence-corrected chi connectivity index (χ0v) is 39.4. The first-order chi connectivity index (χ1) is 35.5. The van der Waals surface area contributed by atoms with Crippen LogP contribution in [0, 0.1) is 0 Å². The molecule has 8 aromatic rings. The predicted molar refractivity (Wildman–Crippen MR) is 287 cm³/mol. The van der Waals surface area contributed by atoms with Gasteiger partial charge in [0.2, 0.25) is 0 Å². The van der Waals surface area contributed by atoms with E-state index < -0.39 is 0 Å². The number of methoxy groups -OCH3 is 4. The Morgan fingerprint density at radius 3 is 1.25 bits per heavy atom. The van der Waals surface area contributed by atoms with Gasteiger partial charge in [-0.3, -0.25) is 19.9 Å². The molecular weight excluding hydrogens is 897 g/mol. The molecule has 13 rings (SSSR count). The van der Waals surface area contributed by atoms with Crippen LogP contribution in [-0.4, -0.2) is 71.2 Å². The van der Waals surface area contributed by atoms with Gasteiger partial charge in [-0.1, -0.05) is 48.5 Å². The highest BCUT2D eigenvalue weighted by Crippen LogP contribution is 2.53. The molecule has 0 atom stereocenters. The van der Waals surface area contributed by atoms with E-state index >= 15 is 0 Å². The summed E-state index contributed by atoms with van der Waals surface area (Å²) in [5, 5.41) is 3.65. The highest BCUT2D eigenvalue weighted by molar-refractivity contribution is 6.51. The first-order valence-corrected chi connectivity index (χ1v) is 23.3. The van der Waals surface area contributed by atoms with E-state index in [0.29, 0.717) is 90.3 Å². The van der Waals surface area contributed by atoms with E-state index in [1.54, 1.807) is 53.2 Å². The van der Waals surface area contributed by atoms with Gasteiger partial charge in [0.05, 0.1) is 74.1 Å². The van der Waals surface area contributed by atoms with E-state index in [-0.39, 0.29) is 0 Å². The van der Waals surface area contributed by atoms with Crippen molar-refractivity contribution in [2.45, 2.75) is 0 Å². The van der Waals surface area contributed by atoms with Gasteiger partial charge < -0.3 is 18.9 Å². The molecule has 4 aromatic carbocycles. The first-order valence-electron chi connectivity index (χ1n) is 23.3. The lowest BCUT2D eigenvalue weighted by Crippen LogP contribution is -2.10. The van der Waals surface area contributed by atoms with Crippen molar-refractivity contribution >= 4 is 88.8 Å². The van der Waals surface area contributed by atoms with E-state index in [1.165, 1.54) is 0 Å². The fourth-order valence-electron chi connectivity index (χ4n) is 10.2. The average Bonchev–Trinajstić information content (AvgIpc) is 4.24. The number of aromatic nitrogens is 4. The maximum Gasteiger partial charge on any atom is 0.153 e. The van der Waals surface area contributed by atoms with Crippen LogP contribution in [0.5, 0.6) is 23.0 Å². The summed E-state index contributed by atoms with van der Waals surface area (Å²) >= 11 is 0. The van der Waals surface area contributed by atoms with Gasteiger partial charge in [-0.05, 0) is 97.1 Å². The second-order valence-electron chi connectivity index (χ2n) is 17.3. The molecule has 344 valence electrons. The smallest absolute Gasteiger partial charge is 0.153 e. The Balaban J connectivity index is 1.25. The molecule has 12 heteroatoms. The molecular formula is C60H40N8O4. The highest BCUT2D eigenvalue weighted by Gasteiger charge is 2.38. The van der Waals surface area contributed by atoms with E-state index in [4.69, 9.17) is 58.9 Å². The number of hydrogen-bond donors (Lipinski definition) is 0. The number of aliphatic imine (C=N–C) groups is 4. The first kappa shape index (κ1) is 42.4. The van der Waals surface area contributed by atoms with Gasteiger partial charge in [-0.25, -0.2) is 20.0 Å². The fourth-order valence-corrected chi connectivity index (χ4v) is 10.2. The molecule has 0 saturated carbocycles. The number of nitrogens with zero attached hydrogens (tertiary/aromatic N) is 8. The van der Waals surface area contributed by atoms with E-state index in [2.05, 4.69) is 54.6 Å². The van der Waals surface area contributed by atoms with Crippen LogP contribution >= 0.6 is 0 Å². The second-order valence-corrected chi connectivity index (χ2v) is 17.3. The third-order valence-electron chi connectivity index (χ3n) is 13.3. The van der Waals surface area contributed by atoms with Crippen molar-refractivity contribution in [3.05, 3.63) is 215 Å². The van der Waals surface area contributed by atoms with Crippen LogP contribution in [0.2, 0.25) is 0 Å². The summed E-state index contributed by atoms with van der Waals surface area (Å²) in [7, 11) is 6.69. The van der Waals surface area contributed by atoms with Gasteiger partial charge in [0.25, 0.3) is 0 Å². The molecule has 0 amide bonds. The van der Waals surface area contributed by atoms with Gasteiger partial charge in [0.1, 0.15) is 22.1 Å². The molecule has 0 saturated heterocycles. The SMILES string of the molecule is COc1c(C2=CC3=CC4=NC(=CC5=NC(=CC6=NC(=C(c7ccc8cccnc8c7OC)C2=N3)C(c2ccc3cccnc3c2OC)=C6c2ccc3cccnc3c2OC)C=C5)C=C4)ccc2cccnc12. The monoisotopic (exact) mass is 936 g/mol. The fraction of sp³-hybridized carbons (Fsp3) is 0.0667. The van der Waals surface area contributed by atoms with Crippen LogP contribution in [-0.2, 0) is 0 Å². The third-order valence-corrected chi connectivity index (χ3v) is 13.3. The number of benzene rings is 4. The Hall–Kier alpha value is -9.68. The van der Waals surface area contributed by atoms with Crippen molar-refractivity contribution in [2.24, 2.45) is 20.0 Å². The summed E-state index contributed by atoms with van der Waals surface area (Å²) in [5.41, 5.74) is 13.8. The lowest BCUT2D eigenvalue weighted by molar-refractivity contribution is 0.417. The van der Waals surface area contributed by atoms with Gasteiger partial charge in [0, 0.05) is 90.9 Å². The molecule has 9 heterocycles. The molecule has 72 heavy (non-hydrogen) atoms. The summed E-state index contributed by atoms with van der Waals surface area (Å²) in [6.07, 6.45) is 23.1. The summed E-state index contributed by atoms with van der Waals surface area (Å²) < 4.78 is 25.8. The highest BCUT2D eigenvalue weighted by atomic mass is 16.5. The minimum atomic E-state index is 0.532. The predicted octanol–water partition coefficient (Wildman–Crippen LogP) is 11.9. The maximum absolute atomic E-state index is 6.51. The van der Waals surface area contributed by atoms with Crippen LogP contribution in [0.1, 0.15) is 22.3 Å². The van der Waals surface area contributed by atoms with Gasteiger partial charge in [-0.15, -0.1) is 0 Å². The van der Waals surface area contributed by atoms with Crippen LogP contribution < -0.4 is 18.9 Å². The van der Waals surface area contributed by atoms with Crippen LogP contribution in [0.25, 0.3) is 65.9 Å². The molecule has 5 aliphatic rings. The normalized spacial score (nSPS) is 15.9. The summed E-state index contributed by atoms with van der Waals surface area (Å²) in [6, 6.07) is 32.3. The van der Waals surface area contributed by atoms with E-state index in [9.17, 15) is 0 Å². The molecule has 0 N–H and O–H groups in total. The largest absolute Gasteiger partial charge is 0.494 e. The molecule has 12 nitrogen and oxygen atoms in total. The maximum atomic E-state index is 6.51. The molecule has 4 aromatic heterocycles. The van der Waals surface area contributed by atoms with Crippen molar-refractivity contribution in [2.75, 3.05) is 28.4 Å². The van der Waals surface area contributed by atoms with Crippen LogP contribution in [0.4, 0.5) is 0 Å². The standard InChI is InChI=1S/C60H40N8O4/c1-69-57-42(21-13-33-9-5-25-61-51(33)57)46-31-41-30-39-18-17-37(65-39)29-38-19-20-40(66-38)32-47-48(43-22-14-34-10-6-26-62-52(34)58(43)70-2)49(44-23-15-35-11-7-27-63-53(35)59(44)71-3)56(68-47)50(55(46)67-41)45-24-16-36-12-8-28-64-54(36)60(45)72-4/h5-32H,1-4H3. The van der Waals surface area contributed by atoms with Crippen molar-refractivity contribution < 1.29 is 18.9 Å². The Bertz CT molecular complexity index is 4140. The average molecular weight is 937 g/mol. The summed E-state index contributed by atoms with van der Waals surface area (Å²) in [5.74, 6) is 2.25. The second kappa shape index (κ2) is 17.1. The minimum Gasteiger partial charge on any atom is -0.494 e. The van der Waals surface area contributed by atoms with Crippen molar-refractivity contribution in [1.29, 1.82) is 0 Å². The lowest BCUT2D eigenvalue weighted by atomic mass is 9.84. The zero-order chi connectivity index (χ0) is 48.5. The minimum absolute atomic E-state index is 0.532. The number of rotatable bonds is 8. The Morgan fingerprint density at radius 1 is 0.347 bits per heavy atom. The molecule has 0 radical (unpaired) electrons. The van der Waals surface area contributed by atoms with Gasteiger partial charge in [0.15, 0.2) is 23.0 Å². The Labute approximate surface area is 412 Å². The van der Waals surface area contributed by atoms with Crippen LogP contribution in [0.15, 0.2) is 213 Å². The van der Waals surface area contributed by atoms with Gasteiger partial charge >= 0.3 is 0 Å². The van der Waals surface area contributed by atoms with E-state index in [1.807, 2.05) is 91.1 Å². The molecule has 5 aliphatic heterocycles. The van der Waals surface area contributed by atoms with E-state index in [0.717, 1.165) is 66.5 Å². The topological polar surface area (TPSA) is 138 Å². The van der Waals surface area contributed by atoms with Crippen molar-refractivity contribution in [3.8, 4) is 23.0 Å². The number of ether oxygens (including phenoxy) is 4. The number of fused-ring (bicyclic) bond motifs is 8. The molecule has 8 bridgehead atoms. The Kier molecular flexibility index (Phi) is 10.1. The summed E-state index contributed by atoms with van der Waals surface area (Å²) in [4.78, 5) is 41.1. The lowest BCUT2D eigenvalue weighted by Gasteiger charge is -2.22. The number of pyridine rings is 4. The molecule has 0 aliphatic carbocycles. The van der Waals surface area contributed by atoms with Gasteiger partial charge in [-0.2, -0.15) is 0 Å². The third kappa shape index (κ3) is 6.83. The van der Waals surface area contributed by atoms with Crippen molar-refractivity contribution in [3.63, 3.8) is 0 Å². The molecule has 0 spiro atoms. The quantitative estimate of drug-likeness (QED) is 0.147. The zero-order valence-electron chi connectivity index (χ0n) is 39.4.